The fraction of sp³-hybridized carbons (Fsp3) is 0.118. The minimum Gasteiger partial charge on any atom is -0.376 e. The lowest BCUT2D eigenvalue weighted by atomic mass is 10.1. The van der Waals surface area contributed by atoms with Crippen LogP contribution in [-0.2, 0) is 6.54 Å². The van der Waals surface area contributed by atoms with E-state index in [-0.39, 0.29) is 6.54 Å². The zero-order chi connectivity index (χ0) is 15.9. The molecule has 0 heterocycles. The van der Waals surface area contributed by atoms with E-state index in [0.29, 0.717) is 16.2 Å². The molecule has 0 saturated carbocycles. The molecule has 1 atom stereocenters. The summed E-state index contributed by atoms with van der Waals surface area (Å²) in [6, 6.07) is 15.2. The highest BCUT2D eigenvalue weighted by molar-refractivity contribution is 5.70. The first-order chi connectivity index (χ1) is 10.6. The number of nitrogens with two attached hydrogens (primary N) is 1. The molecule has 0 aliphatic heterocycles. The van der Waals surface area contributed by atoms with Crippen molar-refractivity contribution in [1.29, 1.82) is 0 Å². The molecular weight excluding hydrogens is 280 g/mol. The van der Waals surface area contributed by atoms with Gasteiger partial charge in [0.2, 0.25) is 0 Å². The van der Waals surface area contributed by atoms with Gasteiger partial charge >= 0.3 is 6.03 Å². The molecule has 0 spiro atoms. The van der Waals surface area contributed by atoms with Crippen molar-refractivity contribution < 1.29 is 15.1 Å². The molecule has 0 aliphatic rings. The van der Waals surface area contributed by atoms with Crippen LogP contribution in [0, 0.1) is 11.8 Å². The number of rotatable bonds is 3. The quantitative estimate of drug-likeness (QED) is 0.460. The zero-order valence-electron chi connectivity index (χ0n) is 11.8. The van der Waals surface area contributed by atoms with Gasteiger partial charge in [0, 0.05) is 5.56 Å². The highest BCUT2D eigenvalue weighted by atomic mass is 16.5. The minimum atomic E-state index is -0.919. The highest BCUT2D eigenvalue weighted by Crippen LogP contribution is 2.14. The SMILES string of the molecule is NC(=O)N(O)Cc1ccc(C(O)C#Cc2ccccc2)cc1. The monoisotopic (exact) mass is 296 g/mol. The Labute approximate surface area is 128 Å². The molecule has 112 valence electrons. The van der Waals surface area contributed by atoms with E-state index in [9.17, 15) is 15.1 Å². The van der Waals surface area contributed by atoms with Crippen molar-refractivity contribution in [3.05, 3.63) is 71.3 Å². The second-order valence-corrected chi connectivity index (χ2v) is 4.68. The van der Waals surface area contributed by atoms with Crippen LogP contribution < -0.4 is 5.73 Å². The molecule has 2 aromatic rings. The standard InChI is InChI=1S/C17H16N2O3/c18-17(21)19(22)12-14-6-9-15(10-7-14)16(20)11-8-13-4-2-1-3-5-13/h1-7,9-10,16,20,22H,12H2,(H2,18,21). The fourth-order valence-corrected chi connectivity index (χ4v) is 1.81. The average Bonchev–Trinajstić information content (AvgIpc) is 2.54. The smallest absolute Gasteiger partial charge is 0.338 e. The Morgan fingerprint density at radius 2 is 1.77 bits per heavy atom. The molecule has 0 aromatic heterocycles. The minimum absolute atomic E-state index is 0.0125. The van der Waals surface area contributed by atoms with Gasteiger partial charge in [-0.25, -0.2) is 9.86 Å². The molecular formula is C17H16N2O3. The fourth-order valence-electron chi connectivity index (χ4n) is 1.81. The van der Waals surface area contributed by atoms with Gasteiger partial charge in [-0.05, 0) is 23.3 Å². The summed E-state index contributed by atoms with van der Waals surface area (Å²) in [6.45, 7) is -0.0125. The van der Waals surface area contributed by atoms with Gasteiger partial charge in [0.1, 0.15) is 6.10 Å². The van der Waals surface area contributed by atoms with E-state index in [1.807, 2.05) is 30.3 Å². The van der Waals surface area contributed by atoms with Crippen LogP contribution in [0.15, 0.2) is 54.6 Å². The Kier molecular flexibility index (Phi) is 5.15. The number of primary amides is 1. The summed E-state index contributed by atoms with van der Waals surface area (Å²) in [6.07, 6.45) is -0.907. The Bertz CT molecular complexity index is 687. The van der Waals surface area contributed by atoms with Crippen LogP contribution in [-0.4, -0.2) is 21.4 Å². The topological polar surface area (TPSA) is 86.8 Å². The van der Waals surface area contributed by atoms with Crippen molar-refractivity contribution in [3.8, 4) is 11.8 Å². The van der Waals surface area contributed by atoms with Crippen LogP contribution >= 0.6 is 0 Å². The number of hydrogen-bond acceptors (Lipinski definition) is 3. The highest BCUT2D eigenvalue weighted by Gasteiger charge is 2.08. The van der Waals surface area contributed by atoms with E-state index in [1.165, 1.54) is 0 Å². The van der Waals surface area contributed by atoms with Crippen molar-refractivity contribution in [3.63, 3.8) is 0 Å². The molecule has 1 unspecified atom stereocenters. The summed E-state index contributed by atoms with van der Waals surface area (Å²) in [5.74, 6) is 5.66. The molecule has 0 bridgehead atoms. The molecule has 0 radical (unpaired) electrons. The van der Waals surface area contributed by atoms with Crippen molar-refractivity contribution >= 4 is 6.03 Å². The molecule has 0 fully saturated rings. The Hall–Kier alpha value is -2.81. The van der Waals surface area contributed by atoms with Gasteiger partial charge < -0.3 is 10.8 Å². The number of carbonyl (C=O) groups excluding carboxylic acids is 1. The maximum atomic E-state index is 10.7. The third-order valence-corrected chi connectivity index (χ3v) is 3.01. The second kappa shape index (κ2) is 7.27. The van der Waals surface area contributed by atoms with Crippen LogP contribution in [0.1, 0.15) is 22.8 Å². The van der Waals surface area contributed by atoms with E-state index < -0.39 is 12.1 Å². The first-order valence-electron chi connectivity index (χ1n) is 6.65. The average molecular weight is 296 g/mol. The number of benzene rings is 2. The first kappa shape index (κ1) is 15.6. The lowest BCUT2D eigenvalue weighted by molar-refractivity contribution is -0.0470. The first-order valence-corrected chi connectivity index (χ1v) is 6.65. The number of hydrogen-bond donors (Lipinski definition) is 3. The molecule has 4 N–H and O–H groups in total. The summed E-state index contributed by atoms with van der Waals surface area (Å²) < 4.78 is 0. The van der Waals surface area contributed by atoms with Crippen molar-refractivity contribution in [2.24, 2.45) is 5.73 Å². The summed E-state index contributed by atoms with van der Waals surface area (Å²) >= 11 is 0. The third kappa shape index (κ3) is 4.35. The third-order valence-electron chi connectivity index (χ3n) is 3.01. The van der Waals surface area contributed by atoms with E-state index in [2.05, 4.69) is 11.8 Å². The predicted octanol–water partition coefficient (Wildman–Crippen LogP) is 2.04. The lowest BCUT2D eigenvalue weighted by Crippen LogP contribution is -2.31. The molecule has 2 amide bonds. The van der Waals surface area contributed by atoms with Gasteiger partial charge in [0.25, 0.3) is 0 Å². The van der Waals surface area contributed by atoms with Crippen LogP contribution in [0.5, 0.6) is 0 Å². The number of aliphatic hydroxyl groups is 1. The number of hydroxylamine groups is 2. The van der Waals surface area contributed by atoms with Crippen molar-refractivity contribution in [2.75, 3.05) is 0 Å². The van der Waals surface area contributed by atoms with Gasteiger partial charge in [-0.1, -0.05) is 54.3 Å². The zero-order valence-corrected chi connectivity index (χ0v) is 11.8. The summed E-state index contributed by atoms with van der Waals surface area (Å²) in [4.78, 5) is 10.7. The molecule has 2 aromatic carbocycles. The molecule has 5 heteroatoms. The Balaban J connectivity index is 2.04. The summed E-state index contributed by atoms with van der Waals surface area (Å²) in [5.41, 5.74) is 7.09. The van der Waals surface area contributed by atoms with E-state index in [1.54, 1.807) is 24.3 Å². The summed E-state index contributed by atoms with van der Waals surface area (Å²) in [5, 5.41) is 19.7. The van der Waals surface area contributed by atoms with E-state index >= 15 is 0 Å². The molecule has 0 saturated heterocycles. The van der Waals surface area contributed by atoms with Gasteiger partial charge in [-0.15, -0.1) is 0 Å². The lowest BCUT2D eigenvalue weighted by Gasteiger charge is -2.12. The van der Waals surface area contributed by atoms with Gasteiger partial charge in [-0.2, -0.15) is 0 Å². The molecule has 2 rings (SSSR count). The molecule has 0 aliphatic carbocycles. The predicted molar refractivity (Wildman–Crippen MR) is 81.6 cm³/mol. The summed E-state index contributed by atoms with van der Waals surface area (Å²) in [7, 11) is 0. The number of urea groups is 1. The van der Waals surface area contributed by atoms with Crippen LogP contribution in [0.3, 0.4) is 0 Å². The Morgan fingerprint density at radius 1 is 1.14 bits per heavy atom. The maximum absolute atomic E-state index is 10.7. The Morgan fingerprint density at radius 3 is 2.36 bits per heavy atom. The van der Waals surface area contributed by atoms with E-state index in [0.717, 1.165) is 5.56 Å². The number of nitrogens with zero attached hydrogens (tertiary/aromatic N) is 1. The van der Waals surface area contributed by atoms with Gasteiger partial charge in [0.15, 0.2) is 0 Å². The second-order valence-electron chi connectivity index (χ2n) is 4.68. The van der Waals surface area contributed by atoms with Crippen LogP contribution in [0.2, 0.25) is 0 Å². The number of carbonyl (C=O) groups is 1. The van der Waals surface area contributed by atoms with Crippen molar-refractivity contribution in [1.82, 2.24) is 5.06 Å². The largest absolute Gasteiger partial charge is 0.376 e. The van der Waals surface area contributed by atoms with Gasteiger partial charge in [0.05, 0.1) is 6.54 Å². The van der Waals surface area contributed by atoms with Gasteiger partial charge in [-0.3, -0.25) is 5.21 Å². The number of amides is 2. The van der Waals surface area contributed by atoms with E-state index in [4.69, 9.17) is 5.73 Å². The number of aliphatic hydroxyl groups excluding tert-OH is 1. The van der Waals surface area contributed by atoms with Crippen LogP contribution in [0.25, 0.3) is 0 Å². The van der Waals surface area contributed by atoms with Crippen molar-refractivity contribution in [2.45, 2.75) is 12.6 Å². The van der Waals surface area contributed by atoms with Crippen LogP contribution in [0.4, 0.5) is 4.79 Å². The molecule has 5 nitrogen and oxygen atoms in total. The molecule has 22 heavy (non-hydrogen) atoms. The normalized spacial score (nSPS) is 11.2. The maximum Gasteiger partial charge on any atom is 0.338 e.